The standard InChI is InChI=1S/C8H20N4.C4H10N2/c9-2-1-8-7-11-4-6-12(8)5-3-10;1-2-6-4-3-5-1/h8,11H,1-7,9-10H2;5-6H,1-4H2. The molecule has 108 valence electrons. The van der Waals surface area contributed by atoms with Crippen molar-refractivity contribution in [3.63, 3.8) is 0 Å². The number of nitrogens with two attached hydrogens (primary N) is 2. The van der Waals surface area contributed by atoms with Gasteiger partial charge >= 0.3 is 0 Å². The number of hydrogen-bond acceptors (Lipinski definition) is 6. The van der Waals surface area contributed by atoms with Gasteiger partial charge in [-0.1, -0.05) is 0 Å². The first kappa shape index (κ1) is 15.8. The summed E-state index contributed by atoms with van der Waals surface area (Å²) in [7, 11) is 0. The van der Waals surface area contributed by atoms with Crippen LogP contribution in [0.15, 0.2) is 0 Å². The van der Waals surface area contributed by atoms with Crippen LogP contribution in [0.5, 0.6) is 0 Å². The molecule has 0 aromatic rings. The summed E-state index contributed by atoms with van der Waals surface area (Å²) in [5.41, 5.74) is 11.1. The van der Waals surface area contributed by atoms with Crippen LogP contribution in [0.1, 0.15) is 6.42 Å². The smallest absolute Gasteiger partial charge is 0.0233 e. The molecule has 2 aliphatic rings. The molecule has 0 bridgehead atoms. The average molecular weight is 258 g/mol. The van der Waals surface area contributed by atoms with Gasteiger partial charge in [0.15, 0.2) is 0 Å². The molecule has 2 aliphatic heterocycles. The number of nitrogens with zero attached hydrogens (tertiary/aromatic N) is 1. The van der Waals surface area contributed by atoms with E-state index in [2.05, 4.69) is 20.9 Å². The molecule has 0 amide bonds. The molecule has 0 saturated carbocycles. The lowest BCUT2D eigenvalue weighted by molar-refractivity contribution is 0.159. The van der Waals surface area contributed by atoms with Gasteiger partial charge in [-0.05, 0) is 13.0 Å². The predicted molar refractivity (Wildman–Crippen MR) is 76.7 cm³/mol. The monoisotopic (exact) mass is 258 g/mol. The summed E-state index contributed by atoms with van der Waals surface area (Å²) < 4.78 is 0. The highest BCUT2D eigenvalue weighted by molar-refractivity contribution is 4.79. The van der Waals surface area contributed by atoms with Crippen molar-refractivity contribution in [2.75, 3.05) is 65.4 Å². The summed E-state index contributed by atoms with van der Waals surface area (Å²) in [5.74, 6) is 0. The zero-order chi connectivity index (χ0) is 13.1. The van der Waals surface area contributed by atoms with Crippen molar-refractivity contribution in [2.45, 2.75) is 12.5 Å². The molecule has 7 N–H and O–H groups in total. The van der Waals surface area contributed by atoms with E-state index >= 15 is 0 Å². The first-order valence-electron chi connectivity index (χ1n) is 7.14. The van der Waals surface area contributed by atoms with Gasteiger partial charge in [0.05, 0.1) is 0 Å². The molecular formula is C12H30N6. The average Bonchev–Trinajstić information content (AvgIpc) is 2.44. The predicted octanol–water partition coefficient (Wildman–Crippen LogP) is -2.25. The third-order valence-corrected chi connectivity index (χ3v) is 3.35. The summed E-state index contributed by atoms with van der Waals surface area (Å²) in [6.07, 6.45) is 1.08. The summed E-state index contributed by atoms with van der Waals surface area (Å²) in [6, 6.07) is 0.604. The van der Waals surface area contributed by atoms with E-state index in [4.69, 9.17) is 11.5 Å². The molecule has 18 heavy (non-hydrogen) atoms. The molecule has 2 saturated heterocycles. The van der Waals surface area contributed by atoms with Crippen LogP contribution >= 0.6 is 0 Å². The van der Waals surface area contributed by atoms with Gasteiger partial charge in [0.2, 0.25) is 0 Å². The van der Waals surface area contributed by atoms with Crippen molar-refractivity contribution in [2.24, 2.45) is 11.5 Å². The highest BCUT2D eigenvalue weighted by atomic mass is 15.2. The second kappa shape index (κ2) is 10.7. The Morgan fingerprint density at radius 3 is 2.06 bits per heavy atom. The Morgan fingerprint density at radius 1 is 0.889 bits per heavy atom. The summed E-state index contributed by atoms with van der Waals surface area (Å²) >= 11 is 0. The van der Waals surface area contributed by atoms with Gasteiger partial charge in [0.1, 0.15) is 0 Å². The Hall–Kier alpha value is -0.240. The molecule has 0 aliphatic carbocycles. The van der Waals surface area contributed by atoms with E-state index in [1.54, 1.807) is 0 Å². The van der Waals surface area contributed by atoms with Gasteiger partial charge in [0.25, 0.3) is 0 Å². The first-order valence-corrected chi connectivity index (χ1v) is 7.14. The van der Waals surface area contributed by atoms with Gasteiger partial charge in [-0.15, -0.1) is 0 Å². The number of piperazine rings is 2. The Bertz CT molecular complexity index is 156. The van der Waals surface area contributed by atoms with Crippen molar-refractivity contribution in [1.82, 2.24) is 20.9 Å². The van der Waals surface area contributed by atoms with Gasteiger partial charge in [-0.25, -0.2) is 0 Å². The summed E-state index contributed by atoms with van der Waals surface area (Å²) in [6.45, 7) is 10.3. The topological polar surface area (TPSA) is 91.4 Å². The minimum atomic E-state index is 0.604. The van der Waals surface area contributed by atoms with Crippen LogP contribution in [0.4, 0.5) is 0 Å². The fourth-order valence-corrected chi connectivity index (χ4v) is 2.34. The fraction of sp³-hybridized carbons (Fsp3) is 1.00. The molecule has 0 aromatic carbocycles. The van der Waals surface area contributed by atoms with E-state index in [1.807, 2.05) is 0 Å². The molecule has 1 atom stereocenters. The third-order valence-electron chi connectivity index (χ3n) is 3.35. The Morgan fingerprint density at radius 2 is 1.56 bits per heavy atom. The van der Waals surface area contributed by atoms with Crippen molar-refractivity contribution < 1.29 is 0 Å². The van der Waals surface area contributed by atoms with Gasteiger partial charge in [0, 0.05) is 64.9 Å². The Labute approximate surface area is 111 Å². The van der Waals surface area contributed by atoms with E-state index in [-0.39, 0.29) is 0 Å². The normalized spacial score (nSPS) is 25.3. The van der Waals surface area contributed by atoms with E-state index in [0.29, 0.717) is 6.04 Å². The minimum absolute atomic E-state index is 0.604. The van der Waals surface area contributed by atoms with Crippen LogP contribution in [0.2, 0.25) is 0 Å². The van der Waals surface area contributed by atoms with E-state index in [1.165, 1.54) is 0 Å². The lowest BCUT2D eigenvalue weighted by atomic mass is 10.1. The molecule has 2 fully saturated rings. The molecule has 0 aromatic heterocycles. The first-order chi connectivity index (χ1) is 8.88. The molecule has 6 nitrogen and oxygen atoms in total. The molecule has 2 rings (SSSR count). The van der Waals surface area contributed by atoms with Crippen LogP contribution in [0.25, 0.3) is 0 Å². The molecule has 0 spiro atoms. The van der Waals surface area contributed by atoms with Gasteiger partial charge < -0.3 is 27.4 Å². The van der Waals surface area contributed by atoms with Crippen LogP contribution in [-0.4, -0.2) is 76.4 Å². The van der Waals surface area contributed by atoms with Crippen molar-refractivity contribution in [3.8, 4) is 0 Å². The Kier molecular flexibility index (Phi) is 9.37. The van der Waals surface area contributed by atoms with E-state index in [9.17, 15) is 0 Å². The molecule has 6 heteroatoms. The largest absolute Gasteiger partial charge is 0.330 e. The van der Waals surface area contributed by atoms with Crippen LogP contribution < -0.4 is 27.4 Å². The molecule has 2 heterocycles. The lowest BCUT2D eigenvalue weighted by Gasteiger charge is -2.35. The SMILES string of the molecule is C1CNCCN1.NCCC1CNCCN1CCN. The van der Waals surface area contributed by atoms with Crippen LogP contribution in [0.3, 0.4) is 0 Å². The van der Waals surface area contributed by atoms with E-state index < -0.39 is 0 Å². The number of nitrogens with one attached hydrogen (secondary N) is 3. The maximum absolute atomic E-state index is 5.53. The van der Waals surface area contributed by atoms with Gasteiger partial charge in [-0.2, -0.15) is 0 Å². The highest BCUT2D eigenvalue weighted by Crippen LogP contribution is 2.04. The Balaban J connectivity index is 0.000000225. The summed E-state index contributed by atoms with van der Waals surface area (Å²) in [4.78, 5) is 2.43. The fourth-order valence-electron chi connectivity index (χ4n) is 2.34. The van der Waals surface area contributed by atoms with Crippen molar-refractivity contribution in [1.29, 1.82) is 0 Å². The highest BCUT2D eigenvalue weighted by Gasteiger charge is 2.19. The minimum Gasteiger partial charge on any atom is -0.330 e. The zero-order valence-corrected chi connectivity index (χ0v) is 11.5. The quantitative estimate of drug-likeness (QED) is 0.391. The van der Waals surface area contributed by atoms with Crippen molar-refractivity contribution in [3.05, 3.63) is 0 Å². The maximum atomic E-state index is 5.53. The van der Waals surface area contributed by atoms with Gasteiger partial charge in [-0.3, -0.25) is 4.90 Å². The second-order valence-corrected chi connectivity index (χ2v) is 4.76. The number of rotatable bonds is 4. The van der Waals surface area contributed by atoms with Crippen LogP contribution in [0, 0.1) is 0 Å². The van der Waals surface area contributed by atoms with Crippen molar-refractivity contribution >= 4 is 0 Å². The summed E-state index contributed by atoms with van der Waals surface area (Å²) in [5, 5.41) is 9.81. The maximum Gasteiger partial charge on any atom is 0.0233 e. The van der Waals surface area contributed by atoms with E-state index in [0.717, 1.165) is 71.9 Å². The third kappa shape index (κ3) is 6.63. The molecule has 1 unspecified atom stereocenters. The number of hydrogen-bond donors (Lipinski definition) is 5. The van der Waals surface area contributed by atoms with Crippen LogP contribution in [-0.2, 0) is 0 Å². The molecular weight excluding hydrogens is 228 g/mol. The molecule has 0 radical (unpaired) electrons. The zero-order valence-electron chi connectivity index (χ0n) is 11.5. The lowest BCUT2D eigenvalue weighted by Crippen LogP contribution is -2.53. The second-order valence-electron chi connectivity index (χ2n) is 4.76.